The Bertz CT molecular complexity index is 220. The van der Waals surface area contributed by atoms with E-state index in [1.54, 1.807) is 0 Å². The molecule has 2 fully saturated rings. The fourth-order valence-electron chi connectivity index (χ4n) is 2.65. The molecule has 3 nitrogen and oxygen atoms in total. The molecule has 0 aliphatic carbocycles. The molecule has 2 saturated heterocycles. The van der Waals surface area contributed by atoms with Crippen LogP contribution in [0.25, 0.3) is 0 Å². The molecule has 2 heterocycles. The third-order valence-electron chi connectivity index (χ3n) is 3.76. The maximum atomic E-state index is 5.68. The summed E-state index contributed by atoms with van der Waals surface area (Å²) in [6.07, 6.45) is 10.8. The molecule has 2 rings (SSSR count). The molecular weight excluding hydrogens is 216 g/mol. The monoisotopic (exact) mass is 242 g/mol. The van der Waals surface area contributed by atoms with Gasteiger partial charge in [-0.25, -0.2) is 9.78 Å². The summed E-state index contributed by atoms with van der Waals surface area (Å²) in [7, 11) is 0. The quantitative estimate of drug-likeness (QED) is 0.370. The van der Waals surface area contributed by atoms with Crippen LogP contribution in [0.3, 0.4) is 0 Å². The third-order valence-corrected chi connectivity index (χ3v) is 3.76. The summed E-state index contributed by atoms with van der Waals surface area (Å²) in [4.78, 5) is 10.9. The minimum atomic E-state index is 0.182. The average Bonchev–Trinajstić information content (AvgIpc) is 3.12. The van der Waals surface area contributed by atoms with Crippen LogP contribution in [0.5, 0.6) is 0 Å². The van der Waals surface area contributed by atoms with Gasteiger partial charge in [0, 0.05) is 0 Å². The van der Waals surface area contributed by atoms with Crippen LogP contribution in [0.4, 0.5) is 0 Å². The van der Waals surface area contributed by atoms with Crippen LogP contribution >= 0.6 is 0 Å². The van der Waals surface area contributed by atoms with Crippen LogP contribution in [-0.2, 0) is 14.5 Å². The molecule has 0 aromatic carbocycles. The molecule has 0 bridgehead atoms. The molecule has 0 amide bonds. The number of hydrogen-bond donors (Lipinski definition) is 0. The Kier molecular flexibility index (Phi) is 5.26. The van der Waals surface area contributed by atoms with Crippen LogP contribution in [0.2, 0.25) is 0 Å². The molecule has 2 aliphatic heterocycles. The van der Waals surface area contributed by atoms with E-state index < -0.39 is 0 Å². The van der Waals surface area contributed by atoms with Crippen LogP contribution in [0, 0.1) is 0 Å². The van der Waals surface area contributed by atoms with Gasteiger partial charge in [0.05, 0.1) is 0 Å². The second-order valence-electron chi connectivity index (χ2n) is 5.33. The Morgan fingerprint density at radius 1 is 0.706 bits per heavy atom. The van der Waals surface area contributed by atoms with Crippen molar-refractivity contribution < 1.29 is 14.5 Å². The second kappa shape index (κ2) is 6.72. The molecular formula is C14H26O3. The molecule has 0 radical (unpaired) electrons. The Balaban J connectivity index is 1.59. The molecule has 17 heavy (non-hydrogen) atoms. The maximum absolute atomic E-state index is 5.68. The van der Waals surface area contributed by atoms with Crippen molar-refractivity contribution >= 4 is 0 Å². The highest BCUT2D eigenvalue weighted by molar-refractivity contribution is 4.97. The number of unbranched alkanes of at least 4 members (excludes halogenated alkanes) is 4. The van der Waals surface area contributed by atoms with E-state index in [2.05, 4.69) is 13.8 Å². The van der Waals surface area contributed by atoms with Crippen molar-refractivity contribution in [2.45, 2.75) is 89.6 Å². The zero-order valence-corrected chi connectivity index (χ0v) is 11.2. The molecule has 2 aliphatic rings. The van der Waals surface area contributed by atoms with Gasteiger partial charge in [0.1, 0.15) is 24.4 Å². The molecule has 0 aromatic rings. The topological polar surface area (TPSA) is 31.0 Å². The Labute approximate surface area is 105 Å². The summed E-state index contributed by atoms with van der Waals surface area (Å²) in [5, 5.41) is 0. The van der Waals surface area contributed by atoms with E-state index in [9.17, 15) is 0 Å². The van der Waals surface area contributed by atoms with E-state index in [0.717, 1.165) is 19.3 Å². The van der Waals surface area contributed by atoms with Crippen molar-refractivity contribution in [1.29, 1.82) is 0 Å². The van der Waals surface area contributed by atoms with E-state index >= 15 is 0 Å². The van der Waals surface area contributed by atoms with Gasteiger partial charge in [-0.15, -0.1) is 0 Å². The first-order chi connectivity index (χ1) is 8.36. The van der Waals surface area contributed by atoms with Gasteiger partial charge in [0.25, 0.3) is 0 Å². The Morgan fingerprint density at radius 2 is 1.35 bits per heavy atom. The van der Waals surface area contributed by atoms with Gasteiger partial charge in [0.2, 0.25) is 0 Å². The van der Waals surface area contributed by atoms with Gasteiger partial charge >= 0.3 is 0 Å². The Morgan fingerprint density at radius 3 is 2.00 bits per heavy atom. The molecule has 0 spiro atoms. The van der Waals surface area contributed by atoms with Crippen molar-refractivity contribution in [3.05, 3.63) is 0 Å². The van der Waals surface area contributed by atoms with E-state index in [1.165, 1.54) is 32.1 Å². The normalized spacial score (nSPS) is 35.6. The van der Waals surface area contributed by atoms with Crippen molar-refractivity contribution in [2.75, 3.05) is 0 Å². The lowest BCUT2D eigenvalue weighted by atomic mass is 10.0. The van der Waals surface area contributed by atoms with Crippen molar-refractivity contribution in [1.82, 2.24) is 0 Å². The summed E-state index contributed by atoms with van der Waals surface area (Å²) in [6.45, 7) is 4.41. The molecule has 0 saturated carbocycles. The van der Waals surface area contributed by atoms with Crippen LogP contribution in [0.1, 0.15) is 65.2 Å². The van der Waals surface area contributed by atoms with Gasteiger partial charge in [-0.1, -0.05) is 52.4 Å². The number of fused-ring (bicyclic) bond motifs is 1. The van der Waals surface area contributed by atoms with Gasteiger partial charge < -0.3 is 4.74 Å². The van der Waals surface area contributed by atoms with Crippen LogP contribution in [0.15, 0.2) is 0 Å². The lowest BCUT2D eigenvalue weighted by Crippen LogP contribution is -2.35. The first-order valence-electron chi connectivity index (χ1n) is 7.34. The number of ether oxygens (including phenoxy) is 1. The highest BCUT2D eigenvalue weighted by Gasteiger charge is 2.54. The molecule has 0 aromatic heterocycles. The maximum Gasteiger partial charge on any atom is 0.122 e. The van der Waals surface area contributed by atoms with Crippen molar-refractivity contribution in [3.8, 4) is 0 Å². The largest absolute Gasteiger partial charge is 0.364 e. The second-order valence-corrected chi connectivity index (χ2v) is 5.33. The van der Waals surface area contributed by atoms with Crippen molar-refractivity contribution in [3.63, 3.8) is 0 Å². The summed E-state index contributed by atoms with van der Waals surface area (Å²) in [6, 6.07) is 0. The lowest BCUT2D eigenvalue weighted by Gasteiger charge is -2.24. The molecule has 0 unspecified atom stereocenters. The number of rotatable bonds is 8. The summed E-state index contributed by atoms with van der Waals surface area (Å²) >= 11 is 0. The van der Waals surface area contributed by atoms with E-state index in [4.69, 9.17) is 14.5 Å². The first kappa shape index (κ1) is 13.3. The van der Waals surface area contributed by atoms with Crippen LogP contribution < -0.4 is 0 Å². The average molecular weight is 242 g/mol. The fraction of sp³-hybridized carbons (Fsp3) is 1.00. The van der Waals surface area contributed by atoms with E-state index in [0.29, 0.717) is 12.2 Å². The van der Waals surface area contributed by atoms with E-state index in [-0.39, 0.29) is 12.2 Å². The third kappa shape index (κ3) is 3.67. The van der Waals surface area contributed by atoms with Crippen molar-refractivity contribution in [2.24, 2.45) is 0 Å². The Hall–Kier alpha value is -0.120. The van der Waals surface area contributed by atoms with E-state index in [1.807, 2.05) is 0 Å². The molecule has 3 heteroatoms. The van der Waals surface area contributed by atoms with Crippen LogP contribution in [-0.4, -0.2) is 24.4 Å². The highest BCUT2D eigenvalue weighted by Crippen LogP contribution is 2.39. The summed E-state index contributed by atoms with van der Waals surface area (Å²) in [5.74, 6) is 0. The fourth-order valence-corrected chi connectivity index (χ4v) is 2.65. The van der Waals surface area contributed by atoms with Gasteiger partial charge in [0.15, 0.2) is 0 Å². The number of epoxide rings is 1. The molecule has 4 atom stereocenters. The van der Waals surface area contributed by atoms with Gasteiger partial charge in [-0.05, 0) is 12.8 Å². The minimum absolute atomic E-state index is 0.182. The summed E-state index contributed by atoms with van der Waals surface area (Å²) in [5.41, 5.74) is 0. The zero-order chi connectivity index (χ0) is 12.1. The summed E-state index contributed by atoms with van der Waals surface area (Å²) < 4.78 is 5.68. The van der Waals surface area contributed by atoms with Gasteiger partial charge in [-0.2, -0.15) is 0 Å². The lowest BCUT2D eigenvalue weighted by molar-refractivity contribution is -0.366. The van der Waals surface area contributed by atoms with Gasteiger partial charge in [-0.3, -0.25) is 0 Å². The SMILES string of the molecule is CCCCCCC[C@@H]1OO[C@H](CCC)[C@H]2O[C@H]21. The number of hydrogen-bond acceptors (Lipinski definition) is 3. The minimum Gasteiger partial charge on any atom is -0.364 e. The molecule has 100 valence electrons. The smallest absolute Gasteiger partial charge is 0.122 e. The zero-order valence-electron chi connectivity index (χ0n) is 11.2. The standard InChI is InChI=1S/C14H26O3/c1-3-5-6-7-8-10-12-14-13(15-14)11(9-4-2)16-17-12/h11-14H,3-10H2,1-2H3/t11-,12+,13-,14+/m1/s1. The predicted molar refractivity (Wildman–Crippen MR) is 66.7 cm³/mol. The highest BCUT2D eigenvalue weighted by atomic mass is 17.2. The molecule has 0 N–H and O–H groups in total. The predicted octanol–water partition coefficient (Wildman–Crippen LogP) is 3.61. The first-order valence-corrected chi connectivity index (χ1v) is 7.34.